The molecule has 1 aromatic rings. The van der Waals surface area contributed by atoms with Gasteiger partial charge < -0.3 is 9.64 Å². The fraction of sp³-hybridized carbons (Fsp3) is 0.529. The first kappa shape index (κ1) is 22.4. The number of esters is 1. The number of hydrogen-bond donors (Lipinski definition) is 0. The SMILES string of the molecule is CN(C)CCN(CC(=O)OC(C)(C)C)S(=O)(=O)c1cc(Cl)ccc1C#N. The highest BCUT2D eigenvalue weighted by Crippen LogP contribution is 2.24. The lowest BCUT2D eigenvalue weighted by Gasteiger charge is -2.26. The molecule has 0 fully saturated rings. The monoisotopic (exact) mass is 401 g/mol. The van der Waals surface area contributed by atoms with Crippen LogP contribution in [0.3, 0.4) is 0 Å². The van der Waals surface area contributed by atoms with E-state index in [9.17, 15) is 18.5 Å². The Labute approximate surface area is 160 Å². The molecular weight excluding hydrogens is 378 g/mol. The summed E-state index contributed by atoms with van der Waals surface area (Å²) in [6, 6.07) is 5.85. The highest BCUT2D eigenvalue weighted by atomic mass is 35.5. The Kier molecular flexibility index (Phi) is 7.59. The van der Waals surface area contributed by atoms with Crippen molar-refractivity contribution in [1.29, 1.82) is 5.26 Å². The van der Waals surface area contributed by atoms with Crippen molar-refractivity contribution in [3.05, 3.63) is 28.8 Å². The molecule has 0 spiro atoms. The van der Waals surface area contributed by atoms with E-state index in [2.05, 4.69) is 0 Å². The van der Waals surface area contributed by atoms with Crippen LogP contribution in [0.5, 0.6) is 0 Å². The highest BCUT2D eigenvalue weighted by Gasteiger charge is 2.31. The Balaban J connectivity index is 3.26. The van der Waals surface area contributed by atoms with Gasteiger partial charge in [0.2, 0.25) is 10.0 Å². The maximum atomic E-state index is 13.1. The topological polar surface area (TPSA) is 90.7 Å². The summed E-state index contributed by atoms with van der Waals surface area (Å²) in [5.74, 6) is -0.666. The number of ether oxygens (including phenoxy) is 1. The zero-order valence-electron chi connectivity index (χ0n) is 15.6. The molecule has 0 atom stereocenters. The van der Waals surface area contributed by atoms with Crippen molar-refractivity contribution in [1.82, 2.24) is 9.21 Å². The van der Waals surface area contributed by atoms with E-state index in [0.717, 1.165) is 4.31 Å². The summed E-state index contributed by atoms with van der Waals surface area (Å²) in [7, 11) is -0.534. The predicted molar refractivity (Wildman–Crippen MR) is 99.3 cm³/mol. The number of halogens is 1. The number of carbonyl (C=O) groups is 1. The zero-order chi connectivity index (χ0) is 20.1. The minimum absolute atomic E-state index is 0.0339. The van der Waals surface area contributed by atoms with Crippen LogP contribution in [-0.4, -0.2) is 62.9 Å². The molecule has 0 aromatic heterocycles. The molecule has 0 heterocycles. The second-order valence-corrected chi connectivity index (χ2v) is 9.32. The van der Waals surface area contributed by atoms with E-state index >= 15 is 0 Å². The molecule has 144 valence electrons. The van der Waals surface area contributed by atoms with Gasteiger partial charge in [0.1, 0.15) is 23.1 Å². The molecule has 0 radical (unpaired) electrons. The number of nitrogens with zero attached hydrogens (tertiary/aromatic N) is 3. The second-order valence-electron chi connectivity index (χ2n) is 6.98. The van der Waals surface area contributed by atoms with Crippen LogP contribution in [-0.2, 0) is 19.6 Å². The number of benzene rings is 1. The van der Waals surface area contributed by atoms with Gasteiger partial charge in [-0.2, -0.15) is 9.57 Å². The first-order valence-corrected chi connectivity index (χ1v) is 9.75. The van der Waals surface area contributed by atoms with Crippen molar-refractivity contribution in [2.75, 3.05) is 33.7 Å². The van der Waals surface area contributed by atoms with E-state index in [4.69, 9.17) is 16.3 Å². The summed E-state index contributed by atoms with van der Waals surface area (Å²) >= 11 is 5.91. The normalized spacial score (nSPS) is 12.3. The number of sulfonamides is 1. The molecular formula is C17H24ClN3O4S. The van der Waals surface area contributed by atoms with Gasteiger partial charge >= 0.3 is 5.97 Å². The smallest absolute Gasteiger partial charge is 0.321 e. The molecule has 0 bridgehead atoms. The van der Waals surface area contributed by atoms with Gasteiger partial charge in [0.05, 0.1) is 5.56 Å². The molecule has 26 heavy (non-hydrogen) atoms. The molecule has 0 saturated carbocycles. The third-order valence-electron chi connectivity index (χ3n) is 3.20. The molecule has 0 saturated heterocycles. The molecule has 0 amide bonds. The molecule has 0 unspecified atom stereocenters. The van der Waals surface area contributed by atoms with Crippen molar-refractivity contribution < 1.29 is 17.9 Å². The Morgan fingerprint density at radius 1 is 1.27 bits per heavy atom. The van der Waals surface area contributed by atoms with E-state index in [1.165, 1.54) is 18.2 Å². The van der Waals surface area contributed by atoms with Gasteiger partial charge in [0.25, 0.3) is 0 Å². The maximum absolute atomic E-state index is 13.1. The lowest BCUT2D eigenvalue weighted by atomic mass is 10.2. The van der Waals surface area contributed by atoms with Crippen LogP contribution >= 0.6 is 11.6 Å². The van der Waals surface area contributed by atoms with Crippen LogP contribution in [0.25, 0.3) is 0 Å². The molecule has 1 aromatic carbocycles. The third-order valence-corrected chi connectivity index (χ3v) is 5.32. The van der Waals surface area contributed by atoms with Gasteiger partial charge in [0.15, 0.2) is 0 Å². The maximum Gasteiger partial charge on any atom is 0.321 e. The van der Waals surface area contributed by atoms with E-state index in [-0.39, 0.29) is 22.0 Å². The molecule has 7 nitrogen and oxygen atoms in total. The third kappa shape index (κ3) is 6.57. The van der Waals surface area contributed by atoms with Gasteiger partial charge in [0, 0.05) is 18.1 Å². The fourth-order valence-electron chi connectivity index (χ4n) is 2.05. The average Bonchev–Trinajstić information content (AvgIpc) is 2.49. The summed E-state index contributed by atoms with van der Waals surface area (Å²) in [5.41, 5.74) is -0.768. The Morgan fingerprint density at radius 2 is 1.88 bits per heavy atom. The van der Waals surface area contributed by atoms with Gasteiger partial charge in [-0.05, 0) is 53.1 Å². The standard InChI is InChI=1S/C17H24ClN3O4S/c1-17(2,3)25-16(22)12-21(9-8-20(4)5)26(23,24)15-10-14(18)7-6-13(15)11-19/h6-7,10H,8-9,12H2,1-5H3. The van der Waals surface area contributed by atoms with Gasteiger partial charge in [-0.3, -0.25) is 4.79 Å². The van der Waals surface area contributed by atoms with Gasteiger partial charge in [-0.25, -0.2) is 8.42 Å². The Bertz CT molecular complexity index is 795. The summed E-state index contributed by atoms with van der Waals surface area (Å²) in [6.45, 7) is 5.11. The average molecular weight is 402 g/mol. The van der Waals surface area contributed by atoms with E-state index in [1.54, 1.807) is 39.8 Å². The molecule has 1 rings (SSSR count). The molecule has 0 N–H and O–H groups in total. The van der Waals surface area contributed by atoms with Crippen LogP contribution in [0.4, 0.5) is 0 Å². The first-order chi connectivity index (χ1) is 11.9. The van der Waals surface area contributed by atoms with Crippen molar-refractivity contribution in [2.24, 2.45) is 0 Å². The largest absolute Gasteiger partial charge is 0.459 e. The van der Waals surface area contributed by atoms with Crippen LogP contribution in [0.2, 0.25) is 5.02 Å². The van der Waals surface area contributed by atoms with Crippen LogP contribution in [0, 0.1) is 11.3 Å². The van der Waals surface area contributed by atoms with Crippen molar-refractivity contribution in [2.45, 2.75) is 31.3 Å². The summed E-state index contributed by atoms with van der Waals surface area (Å²) in [5, 5.41) is 9.42. The molecule has 0 aliphatic heterocycles. The zero-order valence-corrected chi connectivity index (χ0v) is 17.2. The Morgan fingerprint density at radius 3 is 2.38 bits per heavy atom. The van der Waals surface area contributed by atoms with Crippen molar-refractivity contribution in [3.8, 4) is 6.07 Å². The number of nitriles is 1. The number of likely N-dealkylation sites (N-methyl/N-ethyl adjacent to an activating group) is 1. The lowest BCUT2D eigenvalue weighted by Crippen LogP contribution is -2.42. The van der Waals surface area contributed by atoms with Crippen LogP contribution in [0.15, 0.2) is 23.1 Å². The number of carbonyl (C=O) groups excluding carboxylic acids is 1. The molecule has 9 heteroatoms. The Hall–Kier alpha value is -1.66. The first-order valence-electron chi connectivity index (χ1n) is 7.93. The van der Waals surface area contributed by atoms with E-state index in [1.807, 2.05) is 6.07 Å². The van der Waals surface area contributed by atoms with E-state index in [0.29, 0.717) is 6.54 Å². The van der Waals surface area contributed by atoms with Crippen molar-refractivity contribution >= 4 is 27.6 Å². The summed E-state index contributed by atoms with van der Waals surface area (Å²) < 4.78 is 32.4. The minimum Gasteiger partial charge on any atom is -0.459 e. The number of rotatable bonds is 7. The number of hydrogen-bond acceptors (Lipinski definition) is 6. The van der Waals surface area contributed by atoms with E-state index < -0.39 is 28.1 Å². The van der Waals surface area contributed by atoms with Crippen LogP contribution < -0.4 is 0 Å². The fourth-order valence-corrected chi connectivity index (χ4v) is 3.83. The van der Waals surface area contributed by atoms with Gasteiger partial charge in [-0.1, -0.05) is 11.6 Å². The minimum atomic E-state index is -4.11. The molecule has 0 aliphatic rings. The summed E-state index contributed by atoms with van der Waals surface area (Å²) in [4.78, 5) is 13.7. The lowest BCUT2D eigenvalue weighted by molar-refractivity contribution is -0.155. The summed E-state index contributed by atoms with van der Waals surface area (Å²) in [6.07, 6.45) is 0. The molecule has 0 aliphatic carbocycles. The predicted octanol–water partition coefficient (Wildman–Crippen LogP) is 2.11. The second kappa shape index (κ2) is 8.82. The highest BCUT2D eigenvalue weighted by molar-refractivity contribution is 7.89. The van der Waals surface area contributed by atoms with Crippen molar-refractivity contribution in [3.63, 3.8) is 0 Å². The van der Waals surface area contributed by atoms with Gasteiger partial charge in [-0.15, -0.1) is 0 Å². The quantitative estimate of drug-likeness (QED) is 0.650. The van der Waals surface area contributed by atoms with Crippen LogP contribution in [0.1, 0.15) is 26.3 Å².